The third kappa shape index (κ3) is 1.99. The van der Waals surface area contributed by atoms with Gasteiger partial charge in [-0.3, -0.25) is 9.38 Å². The van der Waals surface area contributed by atoms with Crippen LogP contribution in [0.5, 0.6) is 11.6 Å². The smallest absolute Gasteiger partial charge is 0.219 e. The van der Waals surface area contributed by atoms with Gasteiger partial charge in [0.25, 0.3) is 0 Å². The standard InChI is InChI=1S/C20H16N4O2/c1-11-20(25)24-18-6-3-12(7-17(18)22-10-19(24)23-11)15-9-21-16-5-4-13(26-2)8-14(15)16/h3-10,21,25H,1-2H3. The molecule has 0 fully saturated rings. The molecule has 128 valence electrons. The van der Waals surface area contributed by atoms with Crippen LogP contribution in [0, 0.1) is 6.92 Å². The maximum absolute atomic E-state index is 10.3. The monoisotopic (exact) mass is 344 g/mol. The first-order valence-corrected chi connectivity index (χ1v) is 8.28. The van der Waals surface area contributed by atoms with Gasteiger partial charge in [0, 0.05) is 22.7 Å². The summed E-state index contributed by atoms with van der Waals surface area (Å²) in [4.78, 5) is 12.1. The number of methoxy groups -OCH3 is 1. The number of aromatic nitrogens is 4. The average molecular weight is 344 g/mol. The lowest BCUT2D eigenvalue weighted by Crippen LogP contribution is -1.91. The number of hydrogen-bond donors (Lipinski definition) is 2. The van der Waals surface area contributed by atoms with E-state index >= 15 is 0 Å². The van der Waals surface area contributed by atoms with Crippen molar-refractivity contribution in [3.8, 4) is 22.8 Å². The molecule has 3 aromatic heterocycles. The van der Waals surface area contributed by atoms with Crippen molar-refractivity contribution >= 4 is 27.6 Å². The van der Waals surface area contributed by atoms with Gasteiger partial charge in [-0.05, 0) is 42.8 Å². The summed E-state index contributed by atoms with van der Waals surface area (Å²) in [5, 5.41) is 11.4. The first-order valence-electron chi connectivity index (χ1n) is 8.28. The Labute approximate surface area is 148 Å². The summed E-state index contributed by atoms with van der Waals surface area (Å²) in [5.74, 6) is 0.967. The predicted molar refractivity (Wildman–Crippen MR) is 101 cm³/mol. The summed E-state index contributed by atoms with van der Waals surface area (Å²) in [5.41, 5.74) is 6.01. The van der Waals surface area contributed by atoms with E-state index in [0.29, 0.717) is 11.3 Å². The van der Waals surface area contributed by atoms with Crippen LogP contribution in [0.3, 0.4) is 0 Å². The fraction of sp³-hybridized carbons (Fsp3) is 0.100. The third-order valence-corrected chi connectivity index (χ3v) is 4.78. The average Bonchev–Trinajstić information content (AvgIpc) is 3.22. The van der Waals surface area contributed by atoms with E-state index in [4.69, 9.17) is 4.74 Å². The van der Waals surface area contributed by atoms with Gasteiger partial charge in [-0.15, -0.1) is 0 Å². The molecule has 5 rings (SSSR count). The molecule has 0 aliphatic rings. The first-order chi connectivity index (χ1) is 12.7. The van der Waals surface area contributed by atoms with Crippen LogP contribution in [0.15, 0.2) is 48.8 Å². The Morgan fingerprint density at radius 2 is 2.04 bits per heavy atom. The van der Waals surface area contributed by atoms with Crippen LogP contribution >= 0.6 is 0 Å². The second-order valence-corrected chi connectivity index (χ2v) is 6.29. The van der Waals surface area contributed by atoms with Crippen molar-refractivity contribution in [2.24, 2.45) is 0 Å². The van der Waals surface area contributed by atoms with Crippen LogP contribution in [-0.2, 0) is 0 Å². The number of ether oxygens (including phenoxy) is 1. The summed E-state index contributed by atoms with van der Waals surface area (Å²) in [6, 6.07) is 12.0. The number of nitrogens with zero attached hydrogens (tertiary/aromatic N) is 3. The zero-order chi connectivity index (χ0) is 17.8. The van der Waals surface area contributed by atoms with Crippen molar-refractivity contribution in [1.82, 2.24) is 19.4 Å². The van der Waals surface area contributed by atoms with E-state index in [1.54, 1.807) is 24.6 Å². The van der Waals surface area contributed by atoms with E-state index < -0.39 is 0 Å². The van der Waals surface area contributed by atoms with Gasteiger partial charge in [-0.2, -0.15) is 0 Å². The zero-order valence-corrected chi connectivity index (χ0v) is 14.3. The van der Waals surface area contributed by atoms with Crippen molar-refractivity contribution in [3.63, 3.8) is 0 Å². The Hall–Kier alpha value is -3.54. The fourth-order valence-electron chi connectivity index (χ4n) is 3.44. The molecule has 0 spiro atoms. The van der Waals surface area contributed by atoms with E-state index in [9.17, 15) is 5.11 Å². The van der Waals surface area contributed by atoms with Crippen LogP contribution < -0.4 is 4.74 Å². The van der Waals surface area contributed by atoms with Gasteiger partial charge in [0.05, 0.1) is 24.3 Å². The number of rotatable bonds is 2. The minimum atomic E-state index is 0.150. The molecule has 5 aromatic rings. The van der Waals surface area contributed by atoms with Crippen molar-refractivity contribution in [1.29, 1.82) is 0 Å². The van der Waals surface area contributed by atoms with Crippen LogP contribution in [0.25, 0.3) is 38.7 Å². The van der Waals surface area contributed by atoms with E-state index in [-0.39, 0.29) is 5.88 Å². The lowest BCUT2D eigenvalue weighted by atomic mass is 10.0. The van der Waals surface area contributed by atoms with Crippen molar-refractivity contribution in [2.75, 3.05) is 7.11 Å². The SMILES string of the molecule is COc1ccc2[nH]cc(-c3ccc4c(c3)ncc3nc(C)c(O)n34)c2c1. The number of benzene rings is 2. The molecule has 0 saturated heterocycles. The topological polar surface area (TPSA) is 75.4 Å². The van der Waals surface area contributed by atoms with Crippen molar-refractivity contribution in [3.05, 3.63) is 54.5 Å². The molecule has 3 heterocycles. The van der Waals surface area contributed by atoms with E-state index in [1.807, 2.05) is 42.6 Å². The quantitative estimate of drug-likeness (QED) is 0.506. The third-order valence-electron chi connectivity index (χ3n) is 4.78. The first kappa shape index (κ1) is 14.8. The highest BCUT2D eigenvalue weighted by atomic mass is 16.5. The Balaban J connectivity index is 1.75. The second-order valence-electron chi connectivity index (χ2n) is 6.29. The molecule has 0 unspecified atom stereocenters. The number of nitrogens with one attached hydrogen (secondary N) is 1. The van der Waals surface area contributed by atoms with Crippen molar-refractivity contribution in [2.45, 2.75) is 6.92 Å². The number of hydrogen-bond acceptors (Lipinski definition) is 4. The lowest BCUT2D eigenvalue weighted by Gasteiger charge is -2.06. The Morgan fingerprint density at radius 1 is 1.15 bits per heavy atom. The lowest BCUT2D eigenvalue weighted by molar-refractivity contribution is 0.415. The van der Waals surface area contributed by atoms with E-state index in [2.05, 4.69) is 15.0 Å². The number of aromatic hydroxyl groups is 1. The molecule has 0 aliphatic carbocycles. The molecule has 2 aromatic carbocycles. The minimum Gasteiger partial charge on any atom is -0.497 e. The summed E-state index contributed by atoms with van der Waals surface area (Å²) in [7, 11) is 1.66. The van der Waals surface area contributed by atoms with Gasteiger partial charge < -0.3 is 14.8 Å². The molecule has 2 N–H and O–H groups in total. The molecule has 6 nitrogen and oxygen atoms in total. The summed E-state index contributed by atoms with van der Waals surface area (Å²) in [6.07, 6.45) is 3.67. The number of aromatic amines is 1. The molecular formula is C20H16N4O2. The molecule has 6 heteroatoms. The molecule has 0 bridgehead atoms. The largest absolute Gasteiger partial charge is 0.497 e. The van der Waals surface area contributed by atoms with Crippen LogP contribution in [-0.4, -0.2) is 31.6 Å². The Bertz CT molecular complexity index is 1300. The van der Waals surface area contributed by atoms with Crippen LogP contribution in [0.1, 0.15) is 5.69 Å². The normalized spacial score (nSPS) is 11.6. The maximum atomic E-state index is 10.3. The molecule has 0 aliphatic heterocycles. The van der Waals surface area contributed by atoms with Crippen LogP contribution in [0.2, 0.25) is 0 Å². The molecular weight excluding hydrogens is 328 g/mol. The number of fused-ring (bicyclic) bond motifs is 4. The van der Waals surface area contributed by atoms with E-state index in [0.717, 1.165) is 38.8 Å². The van der Waals surface area contributed by atoms with Gasteiger partial charge in [0.1, 0.15) is 11.4 Å². The minimum absolute atomic E-state index is 0.150. The summed E-state index contributed by atoms with van der Waals surface area (Å²) in [6.45, 7) is 1.78. The number of H-pyrrole nitrogens is 1. The Kier molecular flexibility index (Phi) is 2.97. The summed E-state index contributed by atoms with van der Waals surface area (Å²) < 4.78 is 7.07. The van der Waals surface area contributed by atoms with Crippen LogP contribution in [0.4, 0.5) is 0 Å². The molecule has 0 amide bonds. The van der Waals surface area contributed by atoms with Gasteiger partial charge >= 0.3 is 0 Å². The maximum Gasteiger partial charge on any atom is 0.219 e. The summed E-state index contributed by atoms with van der Waals surface area (Å²) >= 11 is 0. The van der Waals surface area contributed by atoms with Gasteiger partial charge in [-0.25, -0.2) is 4.98 Å². The zero-order valence-electron chi connectivity index (χ0n) is 14.3. The second kappa shape index (κ2) is 5.23. The van der Waals surface area contributed by atoms with Crippen molar-refractivity contribution < 1.29 is 9.84 Å². The Morgan fingerprint density at radius 3 is 2.88 bits per heavy atom. The van der Waals surface area contributed by atoms with Gasteiger partial charge in [0.2, 0.25) is 5.88 Å². The van der Waals surface area contributed by atoms with E-state index in [1.165, 1.54) is 0 Å². The highest BCUT2D eigenvalue weighted by Gasteiger charge is 2.13. The highest BCUT2D eigenvalue weighted by Crippen LogP contribution is 2.33. The molecule has 26 heavy (non-hydrogen) atoms. The fourth-order valence-corrected chi connectivity index (χ4v) is 3.44. The van der Waals surface area contributed by atoms with Gasteiger partial charge in [0.15, 0.2) is 5.65 Å². The molecule has 0 radical (unpaired) electrons. The number of imidazole rings is 1. The van der Waals surface area contributed by atoms with Gasteiger partial charge in [-0.1, -0.05) is 6.07 Å². The molecule has 0 atom stereocenters. The highest BCUT2D eigenvalue weighted by molar-refractivity contribution is 5.98. The predicted octanol–water partition coefficient (Wildman–Crippen LogP) is 4.05. The number of aryl methyl sites for hydroxylation is 1. The molecule has 0 saturated carbocycles.